The fraction of sp³-hybridized carbons (Fsp3) is 0.222. The van der Waals surface area contributed by atoms with Gasteiger partial charge in [0.1, 0.15) is 0 Å². The Morgan fingerprint density at radius 2 is 2.13 bits per heavy atom. The largest absolute Gasteiger partial charge is 0.418 e. The zero-order valence-electron chi connectivity index (χ0n) is 7.91. The zero-order chi connectivity index (χ0) is 11.4. The summed E-state index contributed by atoms with van der Waals surface area (Å²) in [4.78, 5) is 21.1. The second kappa shape index (κ2) is 4.79. The molecule has 0 N–H and O–H groups in total. The summed E-state index contributed by atoms with van der Waals surface area (Å²) in [6.45, 7) is 1.53. The number of hydrogen-bond acceptors (Lipinski definition) is 5. The lowest BCUT2D eigenvalue weighted by Crippen LogP contribution is -2.18. The zero-order valence-corrected chi connectivity index (χ0v) is 8.81. The van der Waals surface area contributed by atoms with Crippen LogP contribution in [0.2, 0.25) is 0 Å². The molecule has 1 aromatic carbocycles. The highest BCUT2D eigenvalue weighted by Crippen LogP contribution is 2.26. The van der Waals surface area contributed by atoms with Crippen LogP contribution in [0, 0.1) is 10.1 Å². The van der Waals surface area contributed by atoms with E-state index in [2.05, 4.69) is 12.6 Å². The molecule has 1 atom stereocenters. The van der Waals surface area contributed by atoms with Gasteiger partial charge >= 0.3 is 11.7 Å². The fourth-order valence-corrected chi connectivity index (χ4v) is 0.941. The summed E-state index contributed by atoms with van der Waals surface area (Å²) in [6.07, 6.45) is 0. The van der Waals surface area contributed by atoms with Gasteiger partial charge in [-0.25, -0.2) is 0 Å². The molecule has 0 aliphatic carbocycles. The molecule has 1 aromatic rings. The van der Waals surface area contributed by atoms with Crippen molar-refractivity contribution in [2.45, 2.75) is 12.2 Å². The van der Waals surface area contributed by atoms with Gasteiger partial charge in [0.2, 0.25) is 5.75 Å². The predicted octanol–water partition coefficient (Wildman–Crippen LogP) is 1.82. The second-order valence-electron chi connectivity index (χ2n) is 2.82. The Morgan fingerprint density at radius 3 is 2.67 bits per heavy atom. The third kappa shape index (κ3) is 2.95. The van der Waals surface area contributed by atoms with Crippen molar-refractivity contribution in [2.24, 2.45) is 0 Å². The molecular formula is C9H9NO4S. The number of benzene rings is 1. The molecule has 0 bridgehead atoms. The first-order chi connectivity index (χ1) is 7.02. The van der Waals surface area contributed by atoms with E-state index in [-0.39, 0.29) is 11.4 Å². The maximum atomic E-state index is 11.2. The third-order valence-corrected chi connectivity index (χ3v) is 1.82. The number of hydrogen-bond donors (Lipinski definition) is 1. The third-order valence-electron chi connectivity index (χ3n) is 1.61. The number of nitrogens with zero attached hydrogens (tertiary/aromatic N) is 1. The number of rotatable bonds is 3. The Morgan fingerprint density at radius 1 is 1.53 bits per heavy atom. The van der Waals surface area contributed by atoms with Crippen LogP contribution in [0.4, 0.5) is 5.69 Å². The number of carbonyl (C=O) groups excluding carboxylic acids is 1. The van der Waals surface area contributed by atoms with Gasteiger partial charge in [0.05, 0.1) is 10.2 Å². The molecule has 80 valence electrons. The molecule has 6 heteroatoms. The molecular weight excluding hydrogens is 218 g/mol. The Labute approximate surface area is 91.6 Å². The monoisotopic (exact) mass is 227 g/mol. The van der Waals surface area contributed by atoms with E-state index in [1.54, 1.807) is 6.07 Å². The van der Waals surface area contributed by atoms with E-state index in [9.17, 15) is 14.9 Å². The summed E-state index contributed by atoms with van der Waals surface area (Å²) < 4.78 is 4.81. The number of ether oxygens (including phenoxy) is 1. The molecule has 0 aliphatic rings. The molecule has 0 spiro atoms. The second-order valence-corrected chi connectivity index (χ2v) is 3.60. The van der Waals surface area contributed by atoms with Gasteiger partial charge in [-0.2, -0.15) is 12.6 Å². The molecule has 15 heavy (non-hydrogen) atoms. The van der Waals surface area contributed by atoms with Crippen LogP contribution >= 0.6 is 12.6 Å². The molecule has 0 heterocycles. The minimum atomic E-state index is -0.621. The summed E-state index contributed by atoms with van der Waals surface area (Å²) in [6, 6.07) is 5.69. The lowest BCUT2D eigenvalue weighted by atomic mass is 10.3. The van der Waals surface area contributed by atoms with E-state index in [1.807, 2.05) is 0 Å². The Bertz CT molecular complexity index is 391. The van der Waals surface area contributed by atoms with Crippen LogP contribution in [0.3, 0.4) is 0 Å². The van der Waals surface area contributed by atoms with Crippen molar-refractivity contribution < 1.29 is 14.5 Å². The van der Waals surface area contributed by atoms with E-state index in [0.29, 0.717) is 0 Å². The Kier molecular flexibility index (Phi) is 3.68. The highest BCUT2D eigenvalue weighted by atomic mass is 32.1. The van der Waals surface area contributed by atoms with Crippen LogP contribution in [0.25, 0.3) is 0 Å². The topological polar surface area (TPSA) is 69.4 Å². The number of nitro benzene ring substituents is 1. The van der Waals surface area contributed by atoms with E-state index in [4.69, 9.17) is 4.74 Å². The van der Waals surface area contributed by atoms with Crippen LogP contribution in [0.5, 0.6) is 5.75 Å². The number of esters is 1. The standard InChI is InChI=1S/C9H9NO4S/c1-6(15)9(11)14-8-5-3-2-4-7(8)10(12)13/h2-6,15H,1H3. The number of carbonyl (C=O) groups is 1. The molecule has 0 amide bonds. The molecule has 0 aromatic heterocycles. The predicted molar refractivity (Wildman–Crippen MR) is 57.2 cm³/mol. The Balaban J connectivity index is 2.94. The van der Waals surface area contributed by atoms with Gasteiger partial charge < -0.3 is 4.74 Å². The smallest absolute Gasteiger partial charge is 0.324 e. The minimum Gasteiger partial charge on any atom is -0.418 e. The van der Waals surface area contributed by atoms with E-state index in [1.165, 1.54) is 25.1 Å². The van der Waals surface area contributed by atoms with Crippen molar-refractivity contribution in [3.8, 4) is 5.75 Å². The van der Waals surface area contributed by atoms with Gasteiger partial charge in [0.25, 0.3) is 0 Å². The van der Waals surface area contributed by atoms with E-state index >= 15 is 0 Å². The average molecular weight is 227 g/mol. The molecule has 1 unspecified atom stereocenters. The van der Waals surface area contributed by atoms with Crippen LogP contribution in [-0.2, 0) is 4.79 Å². The van der Waals surface area contributed by atoms with Crippen molar-refractivity contribution in [3.05, 3.63) is 34.4 Å². The molecule has 0 radical (unpaired) electrons. The summed E-state index contributed by atoms with van der Waals surface area (Å²) in [5.41, 5.74) is -0.236. The van der Waals surface area contributed by atoms with Crippen molar-refractivity contribution in [1.29, 1.82) is 0 Å². The number of thiol groups is 1. The lowest BCUT2D eigenvalue weighted by molar-refractivity contribution is -0.385. The summed E-state index contributed by atoms with van der Waals surface area (Å²) in [5, 5.41) is 9.95. The first-order valence-corrected chi connectivity index (χ1v) is 4.67. The molecule has 5 nitrogen and oxygen atoms in total. The fourth-order valence-electron chi connectivity index (χ4n) is 0.888. The average Bonchev–Trinajstić information content (AvgIpc) is 2.18. The van der Waals surface area contributed by atoms with Crippen LogP contribution in [0.1, 0.15) is 6.92 Å². The van der Waals surface area contributed by atoms with Crippen LogP contribution in [-0.4, -0.2) is 16.1 Å². The van der Waals surface area contributed by atoms with Gasteiger partial charge in [-0.15, -0.1) is 0 Å². The highest BCUT2D eigenvalue weighted by Gasteiger charge is 2.18. The molecule has 0 fully saturated rings. The van der Waals surface area contributed by atoms with Crippen LogP contribution in [0.15, 0.2) is 24.3 Å². The van der Waals surface area contributed by atoms with Gasteiger partial charge in [-0.05, 0) is 13.0 Å². The van der Waals surface area contributed by atoms with E-state index < -0.39 is 16.1 Å². The maximum absolute atomic E-state index is 11.2. The van der Waals surface area contributed by atoms with Crippen molar-refractivity contribution in [3.63, 3.8) is 0 Å². The molecule has 0 saturated carbocycles. The first kappa shape index (κ1) is 11.5. The van der Waals surface area contributed by atoms with Gasteiger partial charge in [-0.1, -0.05) is 12.1 Å². The molecule has 1 rings (SSSR count). The van der Waals surface area contributed by atoms with Crippen molar-refractivity contribution in [2.75, 3.05) is 0 Å². The quantitative estimate of drug-likeness (QED) is 0.281. The maximum Gasteiger partial charge on any atom is 0.324 e. The van der Waals surface area contributed by atoms with Gasteiger partial charge in [0, 0.05) is 6.07 Å². The number of para-hydroxylation sites is 2. The van der Waals surface area contributed by atoms with Crippen molar-refractivity contribution in [1.82, 2.24) is 0 Å². The minimum absolute atomic E-state index is 0.0617. The summed E-state index contributed by atoms with van der Waals surface area (Å²) in [5.74, 6) is -0.680. The highest BCUT2D eigenvalue weighted by molar-refractivity contribution is 7.81. The van der Waals surface area contributed by atoms with Crippen molar-refractivity contribution >= 4 is 24.3 Å². The van der Waals surface area contributed by atoms with Gasteiger partial charge in [-0.3, -0.25) is 14.9 Å². The lowest BCUT2D eigenvalue weighted by Gasteiger charge is -2.05. The van der Waals surface area contributed by atoms with Crippen LogP contribution < -0.4 is 4.74 Å². The van der Waals surface area contributed by atoms with Gasteiger partial charge in [0.15, 0.2) is 0 Å². The summed E-state index contributed by atoms with van der Waals surface area (Å²) in [7, 11) is 0. The van der Waals surface area contributed by atoms with E-state index in [0.717, 1.165) is 0 Å². The normalized spacial score (nSPS) is 11.9. The SMILES string of the molecule is CC(S)C(=O)Oc1ccccc1[N+](=O)[O-]. The molecule has 0 saturated heterocycles. The first-order valence-electron chi connectivity index (χ1n) is 4.15. The summed E-state index contributed by atoms with van der Waals surface area (Å²) >= 11 is 3.86. The number of nitro groups is 1. The Hall–Kier alpha value is -1.56. The molecule has 0 aliphatic heterocycles.